The molecule has 182 valence electrons. The van der Waals surface area contributed by atoms with E-state index in [4.69, 9.17) is 15.2 Å². The van der Waals surface area contributed by atoms with Gasteiger partial charge in [-0.2, -0.15) is 0 Å². The van der Waals surface area contributed by atoms with Crippen LogP contribution in [0.15, 0.2) is 61.2 Å². The molecule has 3 N–H and O–H groups in total. The zero-order valence-corrected chi connectivity index (χ0v) is 20.1. The summed E-state index contributed by atoms with van der Waals surface area (Å²) in [5.41, 5.74) is 11.3. The second-order valence-electron chi connectivity index (χ2n) is 9.20. The molecule has 1 amide bonds. The van der Waals surface area contributed by atoms with Crippen molar-refractivity contribution in [2.75, 3.05) is 17.7 Å². The van der Waals surface area contributed by atoms with Crippen LogP contribution in [-0.4, -0.2) is 32.9 Å². The fourth-order valence-electron chi connectivity index (χ4n) is 4.49. The minimum Gasteiger partial charge on any atom is -0.492 e. The number of anilines is 2. The summed E-state index contributed by atoms with van der Waals surface area (Å²) in [7, 11) is 0. The number of ether oxygens (including phenoxy) is 2. The van der Waals surface area contributed by atoms with Crippen molar-refractivity contribution in [3.63, 3.8) is 0 Å². The fourth-order valence-corrected chi connectivity index (χ4v) is 4.49. The lowest BCUT2D eigenvalue weighted by Gasteiger charge is -2.30. The predicted molar refractivity (Wildman–Crippen MR) is 138 cm³/mol. The molecule has 1 aliphatic carbocycles. The maximum Gasteiger partial charge on any atom is 0.411 e. The Bertz CT molecular complexity index is 1310. The summed E-state index contributed by atoms with van der Waals surface area (Å²) in [4.78, 5) is 16.0. The molecule has 35 heavy (non-hydrogen) atoms. The van der Waals surface area contributed by atoms with Crippen LogP contribution in [0.3, 0.4) is 0 Å². The van der Waals surface area contributed by atoms with Crippen molar-refractivity contribution in [3.8, 4) is 17.0 Å². The molecule has 4 aromatic rings. The number of hydrogen-bond acceptors (Lipinski definition) is 5. The van der Waals surface area contributed by atoms with E-state index >= 15 is 0 Å². The van der Waals surface area contributed by atoms with Crippen molar-refractivity contribution in [1.29, 1.82) is 0 Å². The Morgan fingerprint density at radius 3 is 2.66 bits per heavy atom. The molecule has 8 heteroatoms. The van der Waals surface area contributed by atoms with Gasteiger partial charge in [-0.05, 0) is 63.4 Å². The van der Waals surface area contributed by atoms with Crippen LogP contribution in [0.25, 0.3) is 22.2 Å². The van der Waals surface area contributed by atoms with Gasteiger partial charge in [0.2, 0.25) is 0 Å². The van der Waals surface area contributed by atoms with Gasteiger partial charge in [-0.25, -0.2) is 9.78 Å². The number of amides is 1. The number of carbonyl (C=O) groups is 1. The van der Waals surface area contributed by atoms with Crippen LogP contribution in [0.2, 0.25) is 0 Å². The van der Waals surface area contributed by atoms with E-state index in [9.17, 15) is 4.79 Å². The molecule has 8 nitrogen and oxygen atoms in total. The summed E-state index contributed by atoms with van der Waals surface area (Å²) in [5.74, 6) is 0.796. The van der Waals surface area contributed by atoms with Crippen LogP contribution in [0.1, 0.15) is 39.2 Å². The Morgan fingerprint density at radius 2 is 2.00 bits per heavy atom. The Hall–Kier alpha value is -3.94. The molecule has 5 rings (SSSR count). The van der Waals surface area contributed by atoms with E-state index in [0.29, 0.717) is 18.3 Å². The number of benzene rings is 2. The molecule has 0 spiro atoms. The van der Waals surface area contributed by atoms with Crippen molar-refractivity contribution in [3.05, 3.63) is 61.2 Å². The number of rotatable bonds is 8. The number of nitrogens with one attached hydrogen (secondary N) is 1. The van der Waals surface area contributed by atoms with E-state index in [-0.39, 0.29) is 6.10 Å². The van der Waals surface area contributed by atoms with E-state index in [1.807, 2.05) is 61.0 Å². The van der Waals surface area contributed by atoms with Crippen LogP contribution in [0.5, 0.6) is 5.75 Å². The molecule has 0 aliphatic heterocycles. The third-order valence-electron chi connectivity index (χ3n) is 6.38. The first kappa shape index (κ1) is 22.8. The van der Waals surface area contributed by atoms with Crippen LogP contribution in [0.4, 0.5) is 16.2 Å². The average molecular weight is 474 g/mol. The third kappa shape index (κ3) is 4.82. The number of hydrogen-bond donors (Lipinski definition) is 2. The molecule has 0 unspecified atom stereocenters. The number of fused-ring (bicyclic) bond motifs is 1. The highest BCUT2D eigenvalue weighted by Crippen LogP contribution is 2.44. The predicted octanol–water partition coefficient (Wildman–Crippen LogP) is 5.85. The van der Waals surface area contributed by atoms with Gasteiger partial charge in [0, 0.05) is 35.1 Å². The number of aromatic nitrogens is 3. The summed E-state index contributed by atoms with van der Waals surface area (Å²) in [6, 6.07) is 14.3. The first-order chi connectivity index (χ1) is 17.0. The lowest BCUT2D eigenvalue weighted by Crippen LogP contribution is -2.18. The average Bonchev–Trinajstić information content (AvgIpc) is 3.40. The summed E-state index contributed by atoms with van der Waals surface area (Å²) in [6.45, 7) is 4.92. The molecule has 1 fully saturated rings. The van der Waals surface area contributed by atoms with E-state index in [1.165, 1.54) is 6.42 Å². The van der Waals surface area contributed by atoms with Crippen molar-refractivity contribution in [2.24, 2.45) is 0 Å². The molecule has 0 saturated heterocycles. The molecule has 1 aliphatic rings. The van der Waals surface area contributed by atoms with E-state index in [2.05, 4.69) is 20.9 Å². The van der Waals surface area contributed by atoms with Crippen LogP contribution >= 0.6 is 0 Å². The van der Waals surface area contributed by atoms with Crippen molar-refractivity contribution >= 4 is 28.4 Å². The maximum absolute atomic E-state index is 11.9. The molecular formula is C27H31N5O3. The molecule has 1 saturated carbocycles. The number of carbonyl (C=O) groups excluding carboxylic acids is 1. The molecule has 0 bridgehead atoms. The van der Waals surface area contributed by atoms with E-state index < -0.39 is 6.09 Å². The number of imidazole rings is 1. The van der Waals surface area contributed by atoms with Crippen molar-refractivity contribution in [1.82, 2.24) is 14.1 Å². The topological polar surface area (TPSA) is 96.3 Å². The van der Waals surface area contributed by atoms with Crippen molar-refractivity contribution < 1.29 is 14.3 Å². The molecule has 2 aromatic heterocycles. The lowest BCUT2D eigenvalue weighted by atomic mass is 9.92. The van der Waals surface area contributed by atoms with Gasteiger partial charge in [-0.3, -0.25) is 5.32 Å². The normalized spacial score (nSPS) is 13.7. The zero-order valence-electron chi connectivity index (χ0n) is 20.1. The van der Waals surface area contributed by atoms with Crippen LogP contribution in [0, 0.1) is 0 Å². The maximum atomic E-state index is 11.9. The molecule has 0 atom stereocenters. The second kappa shape index (κ2) is 9.74. The Labute approximate surface area is 204 Å². The number of nitrogens with zero attached hydrogens (tertiary/aromatic N) is 3. The van der Waals surface area contributed by atoms with Gasteiger partial charge in [-0.1, -0.05) is 12.1 Å². The van der Waals surface area contributed by atoms with Crippen LogP contribution < -0.4 is 15.8 Å². The largest absolute Gasteiger partial charge is 0.492 e. The fraction of sp³-hybridized carbons (Fsp3) is 0.333. The van der Waals surface area contributed by atoms with Gasteiger partial charge in [0.1, 0.15) is 12.4 Å². The van der Waals surface area contributed by atoms with Crippen molar-refractivity contribution in [2.45, 2.75) is 51.8 Å². The molecular weight excluding hydrogens is 442 g/mol. The molecule has 2 heterocycles. The quantitative estimate of drug-likeness (QED) is 0.335. The summed E-state index contributed by atoms with van der Waals surface area (Å²) in [5, 5.41) is 3.76. The van der Waals surface area contributed by atoms with Gasteiger partial charge in [0.25, 0.3) is 0 Å². The Balaban J connectivity index is 1.42. The number of nitrogen functional groups attached to an aromatic ring is 1. The van der Waals surface area contributed by atoms with Crippen LogP contribution in [-0.2, 0) is 11.3 Å². The lowest BCUT2D eigenvalue weighted by molar-refractivity contribution is 0.130. The third-order valence-corrected chi connectivity index (χ3v) is 6.38. The standard InChI is InChI=1S/C27H31N5O3/c1-18(2)35-27(33)30-20-8-6-19(7-9-20)26-25(28)23-16-22(34-15-14-31-13-12-29-17-31)10-11-24(23)32(26)21-4-3-5-21/h6-13,16-18,21H,3-5,14-15,28H2,1-2H3,(H,30,33). The number of nitrogens with two attached hydrogens (primary N) is 1. The summed E-state index contributed by atoms with van der Waals surface area (Å²) in [6.07, 6.45) is 8.33. The molecule has 0 radical (unpaired) electrons. The van der Waals surface area contributed by atoms with Gasteiger partial charge < -0.3 is 24.3 Å². The van der Waals surface area contributed by atoms with Gasteiger partial charge in [0.15, 0.2) is 0 Å². The highest BCUT2D eigenvalue weighted by Gasteiger charge is 2.27. The summed E-state index contributed by atoms with van der Waals surface area (Å²) >= 11 is 0. The minimum absolute atomic E-state index is 0.174. The van der Waals surface area contributed by atoms with Gasteiger partial charge in [-0.15, -0.1) is 0 Å². The summed E-state index contributed by atoms with van der Waals surface area (Å²) < 4.78 is 15.5. The highest BCUT2D eigenvalue weighted by atomic mass is 16.6. The Kier molecular flexibility index (Phi) is 6.35. The van der Waals surface area contributed by atoms with E-state index in [1.54, 1.807) is 12.5 Å². The SMILES string of the molecule is CC(C)OC(=O)Nc1ccc(-c2c(N)c3cc(OCCn4ccnc4)ccc3n2C2CCC2)cc1. The first-order valence-corrected chi connectivity index (χ1v) is 12.1. The zero-order chi connectivity index (χ0) is 24.4. The molecule has 2 aromatic carbocycles. The monoisotopic (exact) mass is 473 g/mol. The van der Waals surface area contributed by atoms with E-state index in [0.717, 1.165) is 53.0 Å². The smallest absolute Gasteiger partial charge is 0.411 e. The minimum atomic E-state index is -0.462. The second-order valence-corrected chi connectivity index (χ2v) is 9.20. The highest BCUT2D eigenvalue weighted by molar-refractivity contribution is 6.02. The Morgan fingerprint density at radius 1 is 1.20 bits per heavy atom. The first-order valence-electron chi connectivity index (χ1n) is 12.1. The van der Waals surface area contributed by atoms with Gasteiger partial charge >= 0.3 is 6.09 Å². The van der Waals surface area contributed by atoms with Gasteiger partial charge in [0.05, 0.1) is 35.9 Å².